The van der Waals surface area contributed by atoms with Gasteiger partial charge in [-0.1, -0.05) is 6.07 Å². The largest absolute Gasteiger partial charge is 0.494 e. The molecule has 1 aromatic carbocycles. The molecular weight excluding hydrogens is 589 g/mol. The normalized spacial score (nSPS) is 20.0. The van der Waals surface area contributed by atoms with Crippen LogP contribution in [0, 0.1) is 11.3 Å². The number of benzene rings is 1. The molecule has 0 unspecified atom stereocenters. The number of nitrogens with zero attached hydrogens (tertiary/aromatic N) is 5. The van der Waals surface area contributed by atoms with Gasteiger partial charge >= 0.3 is 12.3 Å². The summed E-state index contributed by atoms with van der Waals surface area (Å²) in [5, 5.41) is 17.5. The van der Waals surface area contributed by atoms with E-state index >= 15 is 0 Å². The number of piperidine rings is 2. The number of methoxy groups -OCH3 is 1. The Morgan fingerprint density at radius 3 is 2.40 bits per heavy atom. The van der Waals surface area contributed by atoms with Crippen LogP contribution in [0.2, 0.25) is 0 Å². The maximum absolute atomic E-state index is 13.1. The smallest absolute Gasteiger partial charge is 0.433 e. The van der Waals surface area contributed by atoms with Crippen LogP contribution in [0.5, 0.6) is 5.75 Å². The molecule has 0 atom stereocenters. The van der Waals surface area contributed by atoms with E-state index in [4.69, 9.17) is 9.84 Å². The monoisotopic (exact) mass is 628 g/mol. The van der Waals surface area contributed by atoms with Crippen molar-refractivity contribution in [3.05, 3.63) is 47.9 Å². The topological polar surface area (TPSA) is 113 Å². The number of nitrogens with one attached hydrogen (secondary N) is 1. The van der Waals surface area contributed by atoms with Gasteiger partial charge in [0.2, 0.25) is 0 Å². The number of carboxylic acid groups (broad SMARTS) is 1. The second-order valence-corrected chi connectivity index (χ2v) is 12.8. The Bertz CT molecular complexity index is 1530. The molecule has 2 aliphatic heterocycles. The summed E-state index contributed by atoms with van der Waals surface area (Å²) < 4.78 is 46.8. The van der Waals surface area contributed by atoms with Crippen molar-refractivity contribution >= 4 is 28.6 Å². The molecule has 3 aromatic rings. The minimum Gasteiger partial charge on any atom is -0.494 e. The van der Waals surface area contributed by atoms with Crippen molar-refractivity contribution < 1.29 is 32.6 Å². The second-order valence-electron chi connectivity index (χ2n) is 12.8. The van der Waals surface area contributed by atoms with E-state index in [9.17, 15) is 27.9 Å². The van der Waals surface area contributed by atoms with Crippen LogP contribution in [-0.4, -0.2) is 81.5 Å². The number of carbonyl (C=O) groups is 2. The van der Waals surface area contributed by atoms with E-state index in [1.807, 2.05) is 10.9 Å². The van der Waals surface area contributed by atoms with Crippen LogP contribution in [0.3, 0.4) is 0 Å². The summed E-state index contributed by atoms with van der Waals surface area (Å²) >= 11 is 0. The van der Waals surface area contributed by atoms with E-state index in [0.717, 1.165) is 75.7 Å². The molecule has 1 aliphatic carbocycles. The maximum Gasteiger partial charge on any atom is 0.433 e. The van der Waals surface area contributed by atoms with Gasteiger partial charge in [-0.15, -0.1) is 0 Å². The molecule has 13 heteroatoms. The summed E-state index contributed by atoms with van der Waals surface area (Å²) in [5.74, 6) is 0.164. The lowest BCUT2D eigenvalue weighted by molar-refractivity contribution is -0.141. The average molecular weight is 629 g/mol. The minimum absolute atomic E-state index is 0.263. The van der Waals surface area contributed by atoms with Crippen LogP contribution >= 0.6 is 0 Å². The third-order valence-electron chi connectivity index (χ3n) is 10.1. The van der Waals surface area contributed by atoms with Gasteiger partial charge in [0.15, 0.2) is 0 Å². The number of anilines is 1. The fourth-order valence-electron chi connectivity index (χ4n) is 7.29. The number of fused-ring (bicyclic) bond motifs is 1. The molecule has 0 bridgehead atoms. The Morgan fingerprint density at radius 2 is 1.76 bits per heavy atom. The highest BCUT2D eigenvalue weighted by Gasteiger charge is 2.39. The van der Waals surface area contributed by atoms with E-state index in [2.05, 4.69) is 15.2 Å². The Labute approximate surface area is 259 Å². The molecule has 10 nitrogen and oxygen atoms in total. The summed E-state index contributed by atoms with van der Waals surface area (Å²) in [6, 6.07) is 6.94. The molecule has 242 valence electrons. The Balaban J connectivity index is 1.05. The molecule has 3 fully saturated rings. The van der Waals surface area contributed by atoms with E-state index < -0.39 is 23.9 Å². The van der Waals surface area contributed by atoms with Crippen molar-refractivity contribution in [1.82, 2.24) is 24.6 Å². The first-order valence-electron chi connectivity index (χ1n) is 15.6. The summed E-state index contributed by atoms with van der Waals surface area (Å²) in [6.45, 7) is 4.54. The van der Waals surface area contributed by atoms with Crippen LogP contribution in [0.4, 0.5) is 23.7 Å². The molecule has 2 N–H and O–H groups in total. The number of carbonyl (C=O) groups excluding carboxylic acids is 1. The molecule has 45 heavy (non-hydrogen) atoms. The first kappa shape index (κ1) is 31.1. The zero-order valence-corrected chi connectivity index (χ0v) is 25.4. The maximum atomic E-state index is 13.1. The molecule has 6 rings (SSSR count). The number of likely N-dealkylation sites (tertiary alicyclic amines) is 2. The van der Waals surface area contributed by atoms with Crippen molar-refractivity contribution in [1.29, 1.82) is 0 Å². The summed E-state index contributed by atoms with van der Waals surface area (Å²) in [6.07, 6.45) is 5.13. The van der Waals surface area contributed by atoms with Crippen molar-refractivity contribution in [3.8, 4) is 5.75 Å². The predicted molar refractivity (Wildman–Crippen MR) is 161 cm³/mol. The lowest BCUT2D eigenvalue weighted by atomic mass is 9.67. The van der Waals surface area contributed by atoms with E-state index in [0.29, 0.717) is 41.4 Å². The standard InChI is InChI=1S/C32H39F3N6O4/c1-45-27-18-25-22(17-26(27)37-29(42)24-3-2-4-28(36-24)32(33,34)35)20-41(38-25)23-5-9-31(10-6-23)11-15-39(16-12-31)19-21-7-13-40(14-8-21)30(43)44/h2-4,17-18,20-21,23H,5-16,19H2,1H3,(H,37,42)(H,43,44). The van der Waals surface area contributed by atoms with Crippen molar-refractivity contribution in [2.24, 2.45) is 11.3 Å². The number of aromatic nitrogens is 3. The number of ether oxygens (including phenoxy) is 1. The number of amides is 2. The summed E-state index contributed by atoms with van der Waals surface area (Å²) in [4.78, 5) is 31.6. The van der Waals surface area contributed by atoms with E-state index in [1.165, 1.54) is 30.9 Å². The average Bonchev–Trinajstić information content (AvgIpc) is 3.45. The second kappa shape index (κ2) is 12.5. The fourth-order valence-corrected chi connectivity index (χ4v) is 7.29. The predicted octanol–water partition coefficient (Wildman–Crippen LogP) is 6.30. The molecule has 3 aliphatic rings. The lowest BCUT2D eigenvalue weighted by Crippen LogP contribution is -2.45. The number of hydrogen-bond donors (Lipinski definition) is 2. The van der Waals surface area contributed by atoms with Crippen LogP contribution in [0.25, 0.3) is 10.9 Å². The molecule has 0 radical (unpaired) electrons. The van der Waals surface area contributed by atoms with Crippen LogP contribution in [0.1, 0.15) is 73.6 Å². The highest BCUT2D eigenvalue weighted by molar-refractivity contribution is 6.05. The fraction of sp³-hybridized carbons (Fsp3) is 0.562. The first-order chi connectivity index (χ1) is 21.5. The van der Waals surface area contributed by atoms with Gasteiger partial charge in [-0.3, -0.25) is 9.48 Å². The molecule has 1 saturated carbocycles. The quantitative estimate of drug-likeness (QED) is 0.330. The van der Waals surface area contributed by atoms with Gasteiger partial charge in [-0.05, 0) is 94.0 Å². The van der Waals surface area contributed by atoms with Gasteiger partial charge in [-0.25, -0.2) is 9.78 Å². The highest BCUT2D eigenvalue weighted by atomic mass is 19.4. The van der Waals surface area contributed by atoms with Gasteiger partial charge in [-0.2, -0.15) is 18.3 Å². The SMILES string of the molecule is COc1cc2nn(C3CCC4(CC3)CCN(CC3CCN(C(=O)O)CC3)CC4)cc2cc1NC(=O)c1cccc(C(F)(F)F)n1. The van der Waals surface area contributed by atoms with Crippen molar-refractivity contribution in [2.45, 2.75) is 63.6 Å². The van der Waals surface area contributed by atoms with Gasteiger partial charge in [0, 0.05) is 37.3 Å². The summed E-state index contributed by atoms with van der Waals surface area (Å²) in [7, 11) is 1.46. The Kier molecular flexibility index (Phi) is 8.64. The number of hydrogen-bond acceptors (Lipinski definition) is 6. The zero-order chi connectivity index (χ0) is 31.8. The van der Waals surface area contributed by atoms with Crippen LogP contribution in [-0.2, 0) is 6.18 Å². The Hall–Kier alpha value is -3.87. The number of alkyl halides is 3. The zero-order valence-electron chi connectivity index (χ0n) is 25.4. The van der Waals surface area contributed by atoms with Gasteiger partial charge in [0.25, 0.3) is 5.91 Å². The van der Waals surface area contributed by atoms with Crippen LogP contribution in [0.15, 0.2) is 36.5 Å². The third-order valence-corrected chi connectivity index (χ3v) is 10.1. The number of halogens is 3. The number of rotatable bonds is 6. The Morgan fingerprint density at radius 1 is 1.04 bits per heavy atom. The van der Waals surface area contributed by atoms with Gasteiger partial charge in [0.05, 0.1) is 24.4 Å². The van der Waals surface area contributed by atoms with Crippen LogP contribution < -0.4 is 10.1 Å². The number of pyridine rings is 1. The van der Waals surface area contributed by atoms with E-state index in [-0.39, 0.29) is 11.7 Å². The van der Waals surface area contributed by atoms with Gasteiger partial charge in [0.1, 0.15) is 17.1 Å². The highest BCUT2D eigenvalue weighted by Crippen LogP contribution is 2.48. The molecule has 4 heterocycles. The third kappa shape index (κ3) is 6.87. The first-order valence-corrected chi connectivity index (χ1v) is 15.6. The molecule has 2 saturated heterocycles. The molecular formula is C32H39F3N6O4. The molecule has 1 spiro atoms. The van der Waals surface area contributed by atoms with Crippen molar-refractivity contribution in [3.63, 3.8) is 0 Å². The van der Waals surface area contributed by atoms with Gasteiger partial charge < -0.3 is 25.0 Å². The molecule has 2 aromatic heterocycles. The molecule has 2 amide bonds. The lowest BCUT2D eigenvalue weighted by Gasteiger charge is -2.47. The summed E-state index contributed by atoms with van der Waals surface area (Å²) in [5.41, 5.74) is -0.0652. The van der Waals surface area contributed by atoms with Crippen molar-refractivity contribution in [2.75, 3.05) is 45.2 Å². The van der Waals surface area contributed by atoms with E-state index in [1.54, 1.807) is 12.1 Å². The minimum atomic E-state index is -4.65.